The van der Waals surface area contributed by atoms with E-state index in [0.29, 0.717) is 12.6 Å². The molecule has 2 N–H and O–H groups in total. The molecule has 118 valence electrons. The maximum atomic E-state index is 5.95. The zero-order valence-corrected chi connectivity index (χ0v) is 14.5. The fraction of sp³-hybridized carbons (Fsp3) is 0.812. The van der Waals surface area contributed by atoms with Crippen molar-refractivity contribution >= 4 is 16.5 Å². The molecule has 3 rings (SSSR count). The van der Waals surface area contributed by atoms with Gasteiger partial charge < -0.3 is 10.6 Å². The predicted octanol–water partition coefficient (Wildman–Crippen LogP) is 2.57. The molecular weight excluding hydrogens is 280 g/mol. The van der Waals surface area contributed by atoms with Crippen LogP contribution < -0.4 is 10.6 Å². The minimum atomic E-state index is 0.0713. The highest BCUT2D eigenvalue weighted by atomic mass is 32.1. The number of aromatic nitrogens is 1. The third-order valence-electron chi connectivity index (χ3n) is 4.76. The van der Waals surface area contributed by atoms with Crippen molar-refractivity contribution in [2.75, 3.05) is 24.5 Å². The van der Waals surface area contributed by atoms with Gasteiger partial charge in [0.2, 0.25) is 0 Å². The summed E-state index contributed by atoms with van der Waals surface area (Å²) < 4.78 is 0. The molecule has 2 aliphatic heterocycles. The zero-order valence-electron chi connectivity index (χ0n) is 13.7. The number of fused-ring (bicyclic) bond motifs is 1. The molecule has 0 aromatic carbocycles. The summed E-state index contributed by atoms with van der Waals surface area (Å²) in [7, 11) is 0. The van der Waals surface area contributed by atoms with Crippen LogP contribution in [-0.2, 0) is 12.0 Å². The number of nitrogens with two attached hydrogens (primary N) is 1. The van der Waals surface area contributed by atoms with Crippen LogP contribution in [0.4, 0.5) is 5.13 Å². The molecule has 2 fully saturated rings. The maximum Gasteiger partial charge on any atom is 0.186 e. The topological polar surface area (TPSA) is 45.4 Å². The number of piperazine rings is 1. The first-order valence-corrected chi connectivity index (χ1v) is 8.92. The third-order valence-corrected chi connectivity index (χ3v) is 5.88. The largest absolute Gasteiger partial charge is 0.343 e. The molecule has 0 saturated carbocycles. The summed E-state index contributed by atoms with van der Waals surface area (Å²) in [6.45, 7) is 13.2. The van der Waals surface area contributed by atoms with Crippen LogP contribution in [0, 0.1) is 0 Å². The van der Waals surface area contributed by atoms with E-state index in [1.54, 1.807) is 11.3 Å². The molecule has 0 spiro atoms. The summed E-state index contributed by atoms with van der Waals surface area (Å²) in [5, 5.41) is 1.18. The Morgan fingerprint density at radius 2 is 2.10 bits per heavy atom. The summed E-state index contributed by atoms with van der Waals surface area (Å²) in [5.74, 6) is 0. The molecule has 2 saturated heterocycles. The van der Waals surface area contributed by atoms with Crippen LogP contribution in [0.3, 0.4) is 0 Å². The number of hydrogen-bond acceptors (Lipinski definition) is 5. The molecule has 2 unspecified atom stereocenters. The molecule has 1 aromatic heterocycles. The van der Waals surface area contributed by atoms with Gasteiger partial charge in [0.05, 0.1) is 5.69 Å². The van der Waals surface area contributed by atoms with Crippen LogP contribution in [0.1, 0.15) is 51.1 Å². The third kappa shape index (κ3) is 2.83. The van der Waals surface area contributed by atoms with Crippen LogP contribution in [0.5, 0.6) is 0 Å². The summed E-state index contributed by atoms with van der Waals surface area (Å²) in [6, 6.07) is 1.27. The smallest absolute Gasteiger partial charge is 0.186 e. The van der Waals surface area contributed by atoms with Gasteiger partial charge in [-0.25, -0.2) is 4.98 Å². The maximum absolute atomic E-state index is 5.95. The first kappa shape index (κ1) is 15.3. The Morgan fingerprint density at radius 1 is 1.33 bits per heavy atom. The standard InChI is InChI=1S/C16H28N4S/c1-11-9-19-7-5-6-12(19)10-20(11)15-18-14(16(2,3)4)13(8-17)21-15/h11-12H,5-10,17H2,1-4H3. The van der Waals surface area contributed by atoms with E-state index in [1.165, 1.54) is 41.6 Å². The van der Waals surface area contributed by atoms with Gasteiger partial charge in [0.1, 0.15) is 0 Å². The molecule has 21 heavy (non-hydrogen) atoms. The molecule has 5 heteroatoms. The predicted molar refractivity (Wildman–Crippen MR) is 90.1 cm³/mol. The molecule has 3 heterocycles. The average Bonchev–Trinajstić information content (AvgIpc) is 3.01. The second kappa shape index (κ2) is 5.52. The average molecular weight is 308 g/mol. The lowest BCUT2D eigenvalue weighted by molar-refractivity contribution is 0.203. The van der Waals surface area contributed by atoms with Gasteiger partial charge in [-0.15, -0.1) is 11.3 Å². The fourth-order valence-electron chi connectivity index (χ4n) is 3.64. The molecular formula is C16H28N4S. The number of thiazole rings is 1. The van der Waals surface area contributed by atoms with Crippen molar-refractivity contribution in [2.24, 2.45) is 5.73 Å². The molecule has 0 bridgehead atoms. The Labute approximate surface area is 132 Å². The quantitative estimate of drug-likeness (QED) is 0.912. The Hall–Kier alpha value is -0.650. The second-order valence-corrected chi connectivity index (χ2v) is 8.58. The van der Waals surface area contributed by atoms with Crippen LogP contribution in [0.2, 0.25) is 0 Å². The van der Waals surface area contributed by atoms with E-state index >= 15 is 0 Å². The summed E-state index contributed by atoms with van der Waals surface area (Å²) in [6.07, 6.45) is 2.69. The molecule has 2 atom stereocenters. The normalized spacial score (nSPS) is 27.2. The van der Waals surface area contributed by atoms with Crippen molar-refractivity contribution in [3.63, 3.8) is 0 Å². The van der Waals surface area contributed by atoms with Crippen LogP contribution in [0.25, 0.3) is 0 Å². The van der Waals surface area contributed by atoms with Crippen LogP contribution >= 0.6 is 11.3 Å². The van der Waals surface area contributed by atoms with E-state index in [0.717, 1.165) is 12.6 Å². The minimum absolute atomic E-state index is 0.0713. The van der Waals surface area contributed by atoms with Crippen molar-refractivity contribution in [1.82, 2.24) is 9.88 Å². The zero-order chi connectivity index (χ0) is 15.2. The number of hydrogen-bond donors (Lipinski definition) is 1. The Balaban J connectivity index is 1.88. The first-order valence-electron chi connectivity index (χ1n) is 8.11. The van der Waals surface area contributed by atoms with Crippen molar-refractivity contribution in [2.45, 2.75) is 64.6 Å². The molecule has 0 radical (unpaired) electrons. The summed E-state index contributed by atoms with van der Waals surface area (Å²) in [4.78, 5) is 11.4. The Morgan fingerprint density at radius 3 is 2.71 bits per heavy atom. The van der Waals surface area contributed by atoms with Gasteiger partial charge in [0.25, 0.3) is 0 Å². The molecule has 2 aliphatic rings. The lowest BCUT2D eigenvalue weighted by Crippen LogP contribution is -2.55. The van der Waals surface area contributed by atoms with Gasteiger partial charge in [0.15, 0.2) is 5.13 Å². The van der Waals surface area contributed by atoms with Gasteiger partial charge in [-0.05, 0) is 26.3 Å². The fourth-order valence-corrected chi connectivity index (χ4v) is 4.90. The van der Waals surface area contributed by atoms with Crippen molar-refractivity contribution in [3.8, 4) is 0 Å². The van der Waals surface area contributed by atoms with Gasteiger partial charge in [-0.1, -0.05) is 20.8 Å². The number of rotatable bonds is 2. The van der Waals surface area contributed by atoms with Gasteiger partial charge in [0, 0.05) is 42.0 Å². The molecule has 0 aliphatic carbocycles. The summed E-state index contributed by atoms with van der Waals surface area (Å²) >= 11 is 1.80. The van der Waals surface area contributed by atoms with Crippen molar-refractivity contribution in [3.05, 3.63) is 10.6 Å². The van der Waals surface area contributed by atoms with E-state index in [1.807, 2.05) is 0 Å². The monoisotopic (exact) mass is 308 g/mol. The molecule has 0 amide bonds. The van der Waals surface area contributed by atoms with Crippen LogP contribution in [-0.4, -0.2) is 41.6 Å². The van der Waals surface area contributed by atoms with Crippen LogP contribution in [0.15, 0.2) is 0 Å². The highest BCUT2D eigenvalue weighted by molar-refractivity contribution is 7.15. The second-order valence-electron chi connectivity index (χ2n) is 7.51. The number of nitrogens with zero attached hydrogens (tertiary/aromatic N) is 3. The molecule has 1 aromatic rings. The first-order chi connectivity index (χ1) is 9.90. The van der Waals surface area contributed by atoms with Crippen molar-refractivity contribution < 1.29 is 0 Å². The minimum Gasteiger partial charge on any atom is -0.343 e. The lowest BCUT2D eigenvalue weighted by atomic mass is 9.91. The molecule has 4 nitrogen and oxygen atoms in total. The SMILES string of the molecule is CC1CN2CCCC2CN1c1nc(C(C)(C)C)c(CN)s1. The number of anilines is 1. The van der Waals surface area contributed by atoms with Gasteiger partial charge in [-0.2, -0.15) is 0 Å². The Bertz CT molecular complexity index is 505. The van der Waals surface area contributed by atoms with E-state index < -0.39 is 0 Å². The highest BCUT2D eigenvalue weighted by Crippen LogP contribution is 2.36. The lowest BCUT2D eigenvalue weighted by Gasteiger charge is -2.42. The van der Waals surface area contributed by atoms with E-state index in [4.69, 9.17) is 10.7 Å². The summed E-state index contributed by atoms with van der Waals surface area (Å²) in [5.41, 5.74) is 7.21. The van der Waals surface area contributed by atoms with Gasteiger partial charge in [-0.3, -0.25) is 4.90 Å². The Kier molecular flexibility index (Phi) is 4.01. The van der Waals surface area contributed by atoms with Crippen molar-refractivity contribution in [1.29, 1.82) is 0 Å². The van der Waals surface area contributed by atoms with Gasteiger partial charge >= 0.3 is 0 Å². The van der Waals surface area contributed by atoms with E-state index in [9.17, 15) is 0 Å². The highest BCUT2D eigenvalue weighted by Gasteiger charge is 2.36. The van der Waals surface area contributed by atoms with E-state index in [-0.39, 0.29) is 5.41 Å². The van der Waals surface area contributed by atoms with E-state index in [2.05, 4.69) is 37.5 Å².